The number of halogens is 5. The molecule has 0 aromatic carbocycles. The number of carbonyl (C=O) groups excluding carboxylic acids is 3. The molecule has 0 aromatic rings. The first kappa shape index (κ1) is 38.8. The van der Waals surface area contributed by atoms with E-state index in [0.717, 1.165) is 0 Å². The SMILES string of the molecule is CC(C)C(=O)/C=C/CN1CC(F)(F)C1.CC(C)C(=O)/C=C/CN1CC(F)C1.CC(C)C(=O)/C=C/CN1CCCC(F)(F)C1. The van der Waals surface area contributed by atoms with Crippen molar-refractivity contribution in [3.63, 3.8) is 0 Å². The predicted molar refractivity (Wildman–Crippen MR) is 160 cm³/mol. The van der Waals surface area contributed by atoms with Gasteiger partial charge in [0.25, 0.3) is 11.8 Å². The Morgan fingerprint density at radius 3 is 1.37 bits per heavy atom. The first-order chi connectivity index (χ1) is 19.9. The molecule has 3 aliphatic heterocycles. The monoisotopic (exact) mass is 619 g/mol. The van der Waals surface area contributed by atoms with Crippen LogP contribution in [-0.4, -0.2) is 109 Å². The minimum atomic E-state index is -2.56. The highest BCUT2D eigenvalue weighted by molar-refractivity contribution is 5.91. The van der Waals surface area contributed by atoms with Gasteiger partial charge in [-0.1, -0.05) is 59.8 Å². The fourth-order valence-electron chi connectivity index (χ4n) is 4.13. The van der Waals surface area contributed by atoms with E-state index in [1.165, 1.54) is 12.2 Å². The van der Waals surface area contributed by atoms with E-state index in [1.807, 2.05) is 52.5 Å². The highest BCUT2D eigenvalue weighted by Gasteiger charge is 2.42. The van der Waals surface area contributed by atoms with E-state index in [2.05, 4.69) is 0 Å². The van der Waals surface area contributed by atoms with E-state index in [-0.39, 0.29) is 61.2 Å². The fourth-order valence-corrected chi connectivity index (χ4v) is 4.13. The molecule has 3 heterocycles. The zero-order valence-electron chi connectivity index (χ0n) is 26.5. The molecule has 0 unspecified atom stereocenters. The van der Waals surface area contributed by atoms with Gasteiger partial charge in [-0.05, 0) is 31.2 Å². The molecule has 0 N–H and O–H groups in total. The summed E-state index contributed by atoms with van der Waals surface area (Å²) in [5.41, 5.74) is 0. The average Bonchev–Trinajstić information content (AvgIpc) is 2.86. The Morgan fingerprint density at radius 2 is 1.02 bits per heavy atom. The van der Waals surface area contributed by atoms with Crippen LogP contribution in [0.15, 0.2) is 36.5 Å². The van der Waals surface area contributed by atoms with Gasteiger partial charge in [-0.2, -0.15) is 0 Å². The van der Waals surface area contributed by atoms with Crippen LogP contribution in [0.1, 0.15) is 54.4 Å². The molecule has 0 amide bonds. The number of likely N-dealkylation sites (tertiary alicyclic amines) is 3. The maximum Gasteiger partial charge on any atom is 0.272 e. The largest absolute Gasteiger partial charge is 0.295 e. The van der Waals surface area contributed by atoms with Gasteiger partial charge in [-0.15, -0.1) is 0 Å². The van der Waals surface area contributed by atoms with Gasteiger partial charge < -0.3 is 0 Å². The zero-order valence-corrected chi connectivity index (χ0v) is 26.5. The van der Waals surface area contributed by atoms with Crippen LogP contribution in [0.4, 0.5) is 22.0 Å². The Kier molecular flexibility index (Phi) is 16.7. The molecule has 3 fully saturated rings. The number of carbonyl (C=O) groups is 3. The third-order valence-electron chi connectivity index (χ3n) is 6.94. The molecular formula is C32H50F5N3O3. The maximum atomic E-state index is 13.0. The zero-order chi connectivity index (χ0) is 32.8. The van der Waals surface area contributed by atoms with Gasteiger partial charge in [0.1, 0.15) is 6.17 Å². The third-order valence-corrected chi connectivity index (χ3v) is 6.94. The Labute approximate surface area is 254 Å². The van der Waals surface area contributed by atoms with Crippen LogP contribution in [0.25, 0.3) is 0 Å². The van der Waals surface area contributed by atoms with E-state index in [0.29, 0.717) is 45.7 Å². The molecule has 3 saturated heterocycles. The Morgan fingerprint density at radius 1 is 0.651 bits per heavy atom. The fraction of sp³-hybridized carbons (Fsp3) is 0.719. The molecule has 3 aliphatic rings. The van der Waals surface area contributed by atoms with Gasteiger partial charge in [-0.3, -0.25) is 29.1 Å². The summed E-state index contributed by atoms with van der Waals surface area (Å²) in [6, 6.07) is 0. The summed E-state index contributed by atoms with van der Waals surface area (Å²) in [7, 11) is 0. The predicted octanol–water partition coefficient (Wildman–Crippen LogP) is 5.64. The lowest BCUT2D eigenvalue weighted by atomic mass is 10.1. The molecule has 0 saturated carbocycles. The average molecular weight is 620 g/mol. The van der Waals surface area contributed by atoms with Gasteiger partial charge in [-0.25, -0.2) is 22.0 Å². The van der Waals surface area contributed by atoms with Crippen LogP contribution in [-0.2, 0) is 14.4 Å². The van der Waals surface area contributed by atoms with Crippen LogP contribution in [0.3, 0.4) is 0 Å². The van der Waals surface area contributed by atoms with Crippen molar-refractivity contribution in [3.8, 4) is 0 Å². The Balaban J connectivity index is 0.000000324. The van der Waals surface area contributed by atoms with Crippen molar-refractivity contribution in [3.05, 3.63) is 36.5 Å². The molecule has 43 heavy (non-hydrogen) atoms. The number of nitrogens with zero attached hydrogens (tertiary/aromatic N) is 3. The smallest absolute Gasteiger partial charge is 0.272 e. The van der Waals surface area contributed by atoms with E-state index in [9.17, 15) is 36.3 Å². The number of ketones is 3. The summed E-state index contributed by atoms with van der Waals surface area (Å²) in [4.78, 5) is 38.7. The van der Waals surface area contributed by atoms with Crippen LogP contribution < -0.4 is 0 Å². The lowest BCUT2D eigenvalue weighted by Crippen LogP contribution is -2.55. The maximum absolute atomic E-state index is 13.0. The van der Waals surface area contributed by atoms with E-state index < -0.39 is 18.0 Å². The summed E-state index contributed by atoms with van der Waals surface area (Å²) in [6.07, 6.45) is 9.57. The minimum Gasteiger partial charge on any atom is -0.295 e. The van der Waals surface area contributed by atoms with Gasteiger partial charge in [0.05, 0.1) is 19.6 Å². The number of hydrogen-bond acceptors (Lipinski definition) is 6. The van der Waals surface area contributed by atoms with Crippen LogP contribution in [0, 0.1) is 17.8 Å². The quantitative estimate of drug-likeness (QED) is 0.208. The van der Waals surface area contributed by atoms with Crippen molar-refractivity contribution in [2.45, 2.75) is 72.4 Å². The highest BCUT2D eigenvalue weighted by atomic mass is 19.3. The molecule has 246 valence electrons. The molecule has 11 heteroatoms. The van der Waals surface area contributed by atoms with Gasteiger partial charge in [0, 0.05) is 56.9 Å². The van der Waals surface area contributed by atoms with E-state index in [4.69, 9.17) is 0 Å². The summed E-state index contributed by atoms with van der Waals surface area (Å²) in [5.74, 6) is -4.85. The summed E-state index contributed by atoms with van der Waals surface area (Å²) in [5, 5.41) is 0. The number of rotatable bonds is 12. The first-order valence-corrected chi connectivity index (χ1v) is 15.1. The molecule has 0 radical (unpaired) electrons. The molecule has 6 nitrogen and oxygen atoms in total. The molecular weight excluding hydrogens is 569 g/mol. The van der Waals surface area contributed by atoms with Crippen LogP contribution in [0.2, 0.25) is 0 Å². The van der Waals surface area contributed by atoms with E-state index in [1.54, 1.807) is 28.0 Å². The van der Waals surface area contributed by atoms with E-state index >= 15 is 0 Å². The lowest BCUT2D eigenvalue weighted by Gasteiger charge is -2.37. The Bertz CT molecular complexity index is 965. The number of hydrogen-bond donors (Lipinski definition) is 0. The van der Waals surface area contributed by atoms with Crippen molar-refractivity contribution >= 4 is 17.3 Å². The number of alkyl halides is 5. The van der Waals surface area contributed by atoms with Crippen molar-refractivity contribution in [2.75, 3.05) is 58.9 Å². The van der Waals surface area contributed by atoms with Crippen LogP contribution >= 0.6 is 0 Å². The molecule has 0 aliphatic carbocycles. The van der Waals surface area contributed by atoms with Gasteiger partial charge in [0.15, 0.2) is 17.3 Å². The van der Waals surface area contributed by atoms with Crippen molar-refractivity contribution in [2.24, 2.45) is 17.8 Å². The van der Waals surface area contributed by atoms with Crippen molar-refractivity contribution in [1.29, 1.82) is 0 Å². The molecule has 0 aromatic heterocycles. The molecule has 3 rings (SSSR count). The molecule has 0 atom stereocenters. The second-order valence-electron chi connectivity index (χ2n) is 12.4. The first-order valence-electron chi connectivity index (χ1n) is 15.1. The Hall–Kier alpha value is -2.24. The number of allylic oxidation sites excluding steroid dienone is 3. The van der Waals surface area contributed by atoms with Gasteiger partial charge in [0.2, 0.25) is 0 Å². The molecule has 0 spiro atoms. The van der Waals surface area contributed by atoms with Crippen molar-refractivity contribution < 1.29 is 36.3 Å². The van der Waals surface area contributed by atoms with Crippen molar-refractivity contribution in [1.82, 2.24) is 14.7 Å². The normalized spacial score (nSPS) is 21.1. The summed E-state index contributed by atoms with van der Waals surface area (Å²) < 4.78 is 63.2. The highest BCUT2D eigenvalue weighted by Crippen LogP contribution is 2.26. The van der Waals surface area contributed by atoms with Gasteiger partial charge >= 0.3 is 0 Å². The second-order valence-corrected chi connectivity index (χ2v) is 12.4. The second kappa shape index (κ2) is 18.5. The van der Waals surface area contributed by atoms with Crippen LogP contribution in [0.5, 0.6) is 0 Å². The topological polar surface area (TPSA) is 60.9 Å². The number of piperidine rings is 1. The standard InChI is InChI=1S/C12H19F2NO.C10H15F2NO.C10H16FNO/c1-10(2)11(16)5-3-7-15-8-4-6-12(13,14)9-15;1-8(2)9(14)4-3-5-13-6-10(11,12)7-13;1-8(2)10(13)4-3-5-12-6-9(11)7-12/h3,5,10H,4,6-9H2,1-2H3;3-4,8H,5-7H2,1-2H3;3-4,8-9H,5-7H2,1-2H3/b5-3+;2*4-3+. The lowest BCUT2D eigenvalue weighted by molar-refractivity contribution is -0.126. The minimum absolute atomic E-state index is 0.0157. The third kappa shape index (κ3) is 17.0. The summed E-state index contributed by atoms with van der Waals surface area (Å²) >= 11 is 0. The molecule has 0 bridgehead atoms. The summed E-state index contributed by atoms with van der Waals surface area (Å²) in [6.45, 7) is 13.7.